The van der Waals surface area contributed by atoms with E-state index in [-0.39, 0.29) is 5.92 Å². The van der Waals surface area contributed by atoms with Crippen molar-refractivity contribution in [3.8, 4) is 0 Å². The molecule has 1 aliphatic heterocycles. The molecule has 3 rings (SSSR count). The van der Waals surface area contributed by atoms with Crippen molar-refractivity contribution in [2.45, 2.75) is 18.8 Å². The molecule has 0 radical (unpaired) electrons. The van der Waals surface area contributed by atoms with Gasteiger partial charge in [-0.05, 0) is 53.8 Å². The number of amides is 1. The van der Waals surface area contributed by atoms with Crippen LogP contribution in [-0.4, -0.2) is 52.4 Å². The van der Waals surface area contributed by atoms with E-state index in [1.54, 1.807) is 0 Å². The number of aromatic nitrogens is 2. The smallest absolute Gasteiger partial charge is 0.475 e. The van der Waals surface area contributed by atoms with Gasteiger partial charge < -0.3 is 15.4 Å². The Balaban J connectivity index is 0.000000321. The Morgan fingerprint density at radius 3 is 2.59 bits per heavy atom. The monoisotopic (exact) mass is 502 g/mol. The van der Waals surface area contributed by atoms with Crippen LogP contribution >= 0.6 is 22.6 Å². The van der Waals surface area contributed by atoms with Crippen LogP contribution in [0.15, 0.2) is 18.2 Å². The third-order valence-electron chi connectivity index (χ3n) is 3.69. The van der Waals surface area contributed by atoms with Crippen LogP contribution in [0.25, 0.3) is 11.0 Å². The summed E-state index contributed by atoms with van der Waals surface area (Å²) >= 11 is 2.20. The minimum absolute atomic E-state index is 0.250. The summed E-state index contributed by atoms with van der Waals surface area (Å²) in [7, 11) is 0. The molecule has 2 heterocycles. The average molecular weight is 502 g/mol. The van der Waals surface area contributed by atoms with Crippen LogP contribution in [0.5, 0.6) is 0 Å². The van der Waals surface area contributed by atoms with Gasteiger partial charge in [0.15, 0.2) is 6.17 Å². The first kappa shape index (κ1) is 21.3. The minimum atomic E-state index is -5.08. The predicted octanol–water partition coefficient (Wildman–Crippen LogP) is 2.69. The number of carboxylic acids is 1. The number of rotatable bonds is 3. The summed E-state index contributed by atoms with van der Waals surface area (Å²) in [4.78, 5) is 28.0. The second kappa shape index (κ2) is 8.82. The molecule has 0 aliphatic carbocycles. The molecular weight excluding hydrogens is 487 g/mol. The highest BCUT2D eigenvalue weighted by Gasteiger charge is 2.38. The molecule has 148 valence electrons. The van der Waals surface area contributed by atoms with E-state index < -0.39 is 24.2 Å². The number of imidazole rings is 1. The minimum Gasteiger partial charge on any atom is -0.475 e. The summed E-state index contributed by atoms with van der Waals surface area (Å²) in [5.74, 6) is -3.35. The lowest BCUT2D eigenvalue weighted by molar-refractivity contribution is -0.192. The van der Waals surface area contributed by atoms with Gasteiger partial charge in [0.2, 0.25) is 5.95 Å². The molecule has 1 aromatic carbocycles. The largest absolute Gasteiger partial charge is 0.490 e. The topological polar surface area (TPSA) is 107 Å². The van der Waals surface area contributed by atoms with Crippen LogP contribution in [0.1, 0.15) is 6.42 Å². The van der Waals surface area contributed by atoms with E-state index in [4.69, 9.17) is 9.90 Å². The van der Waals surface area contributed by atoms with Crippen molar-refractivity contribution in [1.82, 2.24) is 15.3 Å². The molecule has 1 fully saturated rings. The van der Waals surface area contributed by atoms with E-state index in [2.05, 4.69) is 43.2 Å². The van der Waals surface area contributed by atoms with Crippen molar-refractivity contribution in [1.29, 1.82) is 0 Å². The van der Waals surface area contributed by atoms with Gasteiger partial charge in [-0.15, -0.1) is 0 Å². The molecule has 0 bridgehead atoms. The Hall–Kier alpha value is -1.96. The van der Waals surface area contributed by atoms with Crippen molar-refractivity contribution in [2.24, 2.45) is 5.92 Å². The molecule has 27 heavy (non-hydrogen) atoms. The third kappa shape index (κ3) is 6.02. The van der Waals surface area contributed by atoms with Gasteiger partial charge in [0, 0.05) is 16.0 Å². The Bertz CT molecular complexity index is 821. The van der Waals surface area contributed by atoms with E-state index in [0.29, 0.717) is 18.9 Å². The number of aromatic amines is 1. The zero-order valence-electron chi connectivity index (χ0n) is 13.6. The first-order chi connectivity index (χ1) is 12.6. The first-order valence-electron chi connectivity index (χ1n) is 7.69. The Kier molecular flexibility index (Phi) is 6.97. The van der Waals surface area contributed by atoms with E-state index in [9.17, 15) is 22.4 Å². The molecular formula is C15H15F4IN4O3. The Labute approximate surface area is 164 Å². The van der Waals surface area contributed by atoms with Crippen molar-refractivity contribution < 1.29 is 32.3 Å². The number of nitrogens with one attached hydrogen (secondary N) is 3. The van der Waals surface area contributed by atoms with Gasteiger partial charge >= 0.3 is 12.1 Å². The molecule has 12 heteroatoms. The third-order valence-corrected chi connectivity index (χ3v) is 4.36. The number of carbonyl (C=O) groups excluding carboxylic acids is 1. The molecule has 7 nitrogen and oxygen atoms in total. The fraction of sp³-hybridized carbons (Fsp3) is 0.400. The van der Waals surface area contributed by atoms with Crippen LogP contribution in [0, 0.1) is 9.49 Å². The molecule has 2 aromatic rings. The van der Waals surface area contributed by atoms with Crippen molar-refractivity contribution in [3.63, 3.8) is 0 Å². The zero-order chi connectivity index (χ0) is 20.2. The number of halogens is 5. The van der Waals surface area contributed by atoms with Crippen LogP contribution in [-0.2, 0) is 9.59 Å². The van der Waals surface area contributed by atoms with Crippen molar-refractivity contribution in [3.05, 3.63) is 21.8 Å². The van der Waals surface area contributed by atoms with E-state index in [1.807, 2.05) is 18.2 Å². The highest BCUT2D eigenvalue weighted by molar-refractivity contribution is 14.1. The zero-order valence-corrected chi connectivity index (χ0v) is 15.8. The number of carbonyl (C=O) groups is 2. The number of benzene rings is 1. The van der Waals surface area contributed by atoms with Gasteiger partial charge in [-0.2, -0.15) is 13.2 Å². The highest BCUT2D eigenvalue weighted by atomic mass is 127. The van der Waals surface area contributed by atoms with E-state index in [1.165, 1.54) is 0 Å². The molecule has 1 saturated heterocycles. The van der Waals surface area contributed by atoms with Gasteiger partial charge in [0.05, 0.1) is 11.0 Å². The van der Waals surface area contributed by atoms with Gasteiger partial charge in [0.25, 0.3) is 5.91 Å². The number of fused-ring (bicyclic) bond motifs is 1. The van der Waals surface area contributed by atoms with Gasteiger partial charge in [-0.25, -0.2) is 14.2 Å². The number of hydrogen-bond donors (Lipinski definition) is 4. The summed E-state index contributed by atoms with van der Waals surface area (Å²) in [6, 6.07) is 5.71. The van der Waals surface area contributed by atoms with Crippen LogP contribution < -0.4 is 10.6 Å². The number of alkyl halides is 4. The molecule has 0 saturated carbocycles. The maximum atomic E-state index is 14.0. The van der Waals surface area contributed by atoms with Crippen LogP contribution in [0.4, 0.5) is 23.5 Å². The Morgan fingerprint density at radius 1 is 1.37 bits per heavy atom. The lowest BCUT2D eigenvalue weighted by atomic mass is 10.0. The molecule has 1 aliphatic rings. The molecule has 2 unspecified atom stereocenters. The summed E-state index contributed by atoms with van der Waals surface area (Å²) in [6.45, 7) is 1.31. The number of carboxylic acid groups (broad SMARTS) is 1. The molecule has 0 spiro atoms. The van der Waals surface area contributed by atoms with Gasteiger partial charge in [-0.3, -0.25) is 10.1 Å². The second-order valence-electron chi connectivity index (χ2n) is 5.69. The molecule has 4 N–H and O–H groups in total. The average Bonchev–Trinajstić information content (AvgIpc) is 3.22. The SMILES string of the molecule is O=C(Nc1nc2ccc(I)cc2[nH]1)C(F)C1CCNC1.O=C(O)C(F)(F)F. The molecule has 1 amide bonds. The maximum absolute atomic E-state index is 14.0. The van der Waals surface area contributed by atoms with Crippen LogP contribution in [0.2, 0.25) is 0 Å². The predicted molar refractivity (Wildman–Crippen MR) is 97.0 cm³/mol. The van der Waals surface area contributed by atoms with Crippen molar-refractivity contribution >= 4 is 51.4 Å². The fourth-order valence-corrected chi connectivity index (χ4v) is 2.86. The van der Waals surface area contributed by atoms with E-state index >= 15 is 0 Å². The lowest BCUT2D eigenvalue weighted by Crippen LogP contribution is -2.32. The fourth-order valence-electron chi connectivity index (χ4n) is 2.37. The molecule has 2 atom stereocenters. The van der Waals surface area contributed by atoms with Crippen LogP contribution in [0.3, 0.4) is 0 Å². The lowest BCUT2D eigenvalue weighted by Gasteiger charge is -2.13. The summed E-state index contributed by atoms with van der Waals surface area (Å²) < 4.78 is 46.8. The summed E-state index contributed by atoms with van der Waals surface area (Å²) in [5.41, 5.74) is 1.57. The summed E-state index contributed by atoms with van der Waals surface area (Å²) in [5, 5.41) is 12.7. The van der Waals surface area contributed by atoms with E-state index in [0.717, 1.165) is 21.1 Å². The second-order valence-corrected chi connectivity index (χ2v) is 6.94. The number of anilines is 1. The number of nitrogens with zero attached hydrogens (tertiary/aromatic N) is 1. The molecule has 1 aromatic heterocycles. The highest BCUT2D eigenvalue weighted by Crippen LogP contribution is 2.20. The number of hydrogen-bond acceptors (Lipinski definition) is 4. The Morgan fingerprint density at radius 2 is 2.04 bits per heavy atom. The first-order valence-corrected chi connectivity index (χ1v) is 8.77. The maximum Gasteiger partial charge on any atom is 0.490 e. The summed E-state index contributed by atoms with van der Waals surface area (Å²) in [6.07, 6.45) is -5.90. The quantitative estimate of drug-likeness (QED) is 0.382. The number of aliphatic carboxylic acids is 1. The normalized spacial score (nSPS) is 17.9. The van der Waals surface area contributed by atoms with Gasteiger partial charge in [-0.1, -0.05) is 0 Å². The van der Waals surface area contributed by atoms with Crippen molar-refractivity contribution in [2.75, 3.05) is 18.4 Å². The number of H-pyrrole nitrogens is 1. The standard InChI is InChI=1S/C13H14FIN4O.C2HF3O2/c14-11(7-3-4-16-6-7)12(20)19-13-17-9-2-1-8(15)5-10(9)18-13;3-2(4,5)1(6)7/h1-2,5,7,11,16H,3-4,6H2,(H2,17,18,19,20);(H,6,7). The van der Waals surface area contributed by atoms with Gasteiger partial charge in [0.1, 0.15) is 0 Å².